The van der Waals surface area contributed by atoms with Crippen LogP contribution >= 0.6 is 0 Å². The van der Waals surface area contributed by atoms with Crippen molar-refractivity contribution in [1.82, 2.24) is 19.7 Å². The highest BCUT2D eigenvalue weighted by atomic mass is 16.1. The number of amides is 1. The molecule has 0 unspecified atom stereocenters. The zero-order valence-corrected chi connectivity index (χ0v) is 11.8. The van der Waals surface area contributed by atoms with Crippen molar-refractivity contribution in [3.05, 3.63) is 24.5 Å². The molecule has 0 aliphatic carbocycles. The van der Waals surface area contributed by atoms with E-state index < -0.39 is 0 Å². The van der Waals surface area contributed by atoms with Gasteiger partial charge >= 0.3 is 0 Å². The number of hydrogen-bond acceptors (Lipinski definition) is 4. The van der Waals surface area contributed by atoms with Crippen LogP contribution in [0.5, 0.6) is 0 Å². The number of nitrogens with two attached hydrogens (primary N) is 1. The Hall–Kier alpha value is -2.57. The van der Waals surface area contributed by atoms with Crippen LogP contribution in [-0.4, -0.2) is 25.7 Å². The lowest BCUT2D eigenvalue weighted by atomic mass is 10.3. The molecular weight excluding hydrogens is 256 g/mol. The standard InChI is InChI=1S/C13H18N6O/c1-5-10(20)16-9-6-19(7(2)3)18-11(9)13-15-8(4)12(14)17-13/h5-7H,1,14H2,2-4H3,(H,15,17)(H,16,20). The van der Waals surface area contributed by atoms with Crippen molar-refractivity contribution in [2.75, 3.05) is 11.1 Å². The van der Waals surface area contributed by atoms with Gasteiger partial charge in [-0.2, -0.15) is 5.10 Å². The number of carbonyl (C=O) groups excluding carboxylic acids is 1. The molecule has 7 heteroatoms. The number of hydrogen-bond donors (Lipinski definition) is 3. The summed E-state index contributed by atoms with van der Waals surface area (Å²) in [6.45, 7) is 9.23. The molecule has 0 spiro atoms. The third kappa shape index (κ3) is 2.56. The molecule has 20 heavy (non-hydrogen) atoms. The van der Waals surface area contributed by atoms with E-state index in [4.69, 9.17) is 5.73 Å². The van der Waals surface area contributed by atoms with Crippen LogP contribution in [0.1, 0.15) is 25.6 Å². The van der Waals surface area contributed by atoms with Crippen molar-refractivity contribution in [2.24, 2.45) is 0 Å². The number of H-pyrrole nitrogens is 1. The van der Waals surface area contributed by atoms with Crippen molar-refractivity contribution in [3.8, 4) is 11.5 Å². The van der Waals surface area contributed by atoms with Gasteiger partial charge in [0, 0.05) is 12.2 Å². The zero-order valence-electron chi connectivity index (χ0n) is 11.8. The highest BCUT2D eigenvalue weighted by Gasteiger charge is 2.17. The van der Waals surface area contributed by atoms with Gasteiger partial charge in [0.15, 0.2) is 11.5 Å². The number of nitrogens with zero attached hydrogens (tertiary/aromatic N) is 3. The summed E-state index contributed by atoms with van der Waals surface area (Å²) in [6, 6.07) is 0.163. The van der Waals surface area contributed by atoms with E-state index in [1.54, 1.807) is 17.8 Å². The van der Waals surface area contributed by atoms with E-state index in [-0.39, 0.29) is 11.9 Å². The fourth-order valence-corrected chi connectivity index (χ4v) is 1.69. The fourth-order valence-electron chi connectivity index (χ4n) is 1.69. The Morgan fingerprint density at radius 1 is 1.60 bits per heavy atom. The number of imidazole rings is 1. The van der Waals surface area contributed by atoms with E-state index in [0.717, 1.165) is 0 Å². The smallest absolute Gasteiger partial charge is 0.247 e. The van der Waals surface area contributed by atoms with E-state index in [2.05, 4.69) is 27.0 Å². The average molecular weight is 274 g/mol. The molecule has 0 fully saturated rings. The molecule has 2 rings (SSSR count). The number of nitrogens with one attached hydrogen (secondary N) is 2. The number of aromatic amines is 1. The number of aromatic nitrogens is 4. The molecule has 0 atom stereocenters. The zero-order chi connectivity index (χ0) is 14.9. The summed E-state index contributed by atoms with van der Waals surface area (Å²) in [5.74, 6) is 0.713. The first-order valence-corrected chi connectivity index (χ1v) is 6.27. The van der Waals surface area contributed by atoms with E-state index in [1.165, 1.54) is 6.08 Å². The van der Waals surface area contributed by atoms with Crippen LogP contribution in [0.25, 0.3) is 11.5 Å². The first kappa shape index (κ1) is 13.9. The van der Waals surface area contributed by atoms with Gasteiger partial charge in [0.25, 0.3) is 0 Å². The molecule has 2 aromatic rings. The van der Waals surface area contributed by atoms with Gasteiger partial charge in [-0.25, -0.2) is 4.98 Å². The second-order valence-corrected chi connectivity index (χ2v) is 4.74. The SMILES string of the molecule is C=CC(=O)Nc1cn(C(C)C)nc1-c1nc(C)c(N)[nH]1. The van der Waals surface area contributed by atoms with Gasteiger partial charge in [0.05, 0.1) is 11.4 Å². The van der Waals surface area contributed by atoms with Gasteiger partial charge in [0.2, 0.25) is 5.91 Å². The first-order chi connectivity index (χ1) is 9.42. The number of carbonyl (C=O) groups is 1. The number of nitrogen functional groups attached to an aromatic ring is 1. The summed E-state index contributed by atoms with van der Waals surface area (Å²) >= 11 is 0. The second-order valence-electron chi connectivity index (χ2n) is 4.74. The summed E-state index contributed by atoms with van der Waals surface area (Å²) in [7, 11) is 0. The lowest BCUT2D eigenvalue weighted by molar-refractivity contribution is -0.111. The molecule has 0 radical (unpaired) electrons. The Labute approximate surface area is 116 Å². The first-order valence-electron chi connectivity index (χ1n) is 6.27. The van der Waals surface area contributed by atoms with Gasteiger partial charge < -0.3 is 16.0 Å². The Balaban J connectivity index is 2.49. The Morgan fingerprint density at radius 3 is 2.80 bits per heavy atom. The molecular formula is C13H18N6O. The molecule has 1 amide bonds. The van der Waals surface area contributed by atoms with E-state index >= 15 is 0 Å². The van der Waals surface area contributed by atoms with Gasteiger partial charge in [-0.05, 0) is 26.8 Å². The van der Waals surface area contributed by atoms with Gasteiger partial charge in [-0.3, -0.25) is 9.48 Å². The summed E-state index contributed by atoms with van der Waals surface area (Å²) in [5, 5.41) is 7.16. The quantitative estimate of drug-likeness (QED) is 0.741. The molecule has 106 valence electrons. The summed E-state index contributed by atoms with van der Waals surface area (Å²) in [6.07, 6.45) is 2.97. The van der Waals surface area contributed by atoms with E-state index in [1.807, 2.05) is 13.8 Å². The minimum absolute atomic E-state index is 0.163. The van der Waals surface area contributed by atoms with Crippen molar-refractivity contribution >= 4 is 17.4 Å². The molecule has 0 saturated heterocycles. The molecule has 7 nitrogen and oxygen atoms in total. The average Bonchev–Trinajstić information content (AvgIpc) is 2.94. The Kier molecular flexibility index (Phi) is 3.60. The van der Waals surface area contributed by atoms with Crippen LogP contribution in [-0.2, 0) is 4.79 Å². The monoisotopic (exact) mass is 274 g/mol. The van der Waals surface area contributed by atoms with Gasteiger partial charge in [-0.15, -0.1) is 0 Å². The molecule has 0 saturated carbocycles. The maximum Gasteiger partial charge on any atom is 0.247 e. The van der Waals surface area contributed by atoms with Crippen molar-refractivity contribution in [3.63, 3.8) is 0 Å². The maximum atomic E-state index is 11.5. The molecule has 2 heterocycles. The summed E-state index contributed by atoms with van der Waals surface area (Å²) < 4.78 is 1.75. The Bertz CT molecular complexity index is 632. The van der Waals surface area contributed by atoms with Crippen molar-refractivity contribution in [1.29, 1.82) is 0 Å². The lowest BCUT2D eigenvalue weighted by Crippen LogP contribution is -2.07. The van der Waals surface area contributed by atoms with E-state index in [0.29, 0.717) is 28.7 Å². The Morgan fingerprint density at radius 2 is 2.30 bits per heavy atom. The number of aryl methyl sites for hydroxylation is 1. The van der Waals surface area contributed by atoms with Crippen LogP contribution in [0.2, 0.25) is 0 Å². The van der Waals surface area contributed by atoms with Crippen molar-refractivity contribution < 1.29 is 4.79 Å². The molecule has 0 aromatic carbocycles. The molecule has 2 aromatic heterocycles. The predicted molar refractivity (Wildman–Crippen MR) is 78.2 cm³/mol. The van der Waals surface area contributed by atoms with Crippen LogP contribution in [0, 0.1) is 6.92 Å². The second kappa shape index (κ2) is 5.20. The van der Waals surface area contributed by atoms with Crippen LogP contribution in [0.15, 0.2) is 18.9 Å². The van der Waals surface area contributed by atoms with Crippen LogP contribution in [0.4, 0.5) is 11.5 Å². The van der Waals surface area contributed by atoms with Gasteiger partial charge in [0.1, 0.15) is 5.82 Å². The van der Waals surface area contributed by atoms with E-state index in [9.17, 15) is 4.79 Å². The van der Waals surface area contributed by atoms with Crippen molar-refractivity contribution in [2.45, 2.75) is 26.8 Å². The minimum Gasteiger partial charge on any atom is -0.384 e. The maximum absolute atomic E-state index is 11.5. The highest BCUT2D eigenvalue weighted by molar-refractivity contribution is 6.00. The molecule has 0 aliphatic rings. The normalized spacial score (nSPS) is 10.8. The summed E-state index contributed by atoms with van der Waals surface area (Å²) in [5.41, 5.74) is 7.58. The third-order valence-corrected chi connectivity index (χ3v) is 2.85. The van der Waals surface area contributed by atoms with Crippen LogP contribution < -0.4 is 11.1 Å². The third-order valence-electron chi connectivity index (χ3n) is 2.85. The predicted octanol–water partition coefficient (Wildman–Crippen LogP) is 1.87. The highest BCUT2D eigenvalue weighted by Crippen LogP contribution is 2.27. The summed E-state index contributed by atoms with van der Waals surface area (Å²) in [4.78, 5) is 18.8. The molecule has 0 aliphatic heterocycles. The largest absolute Gasteiger partial charge is 0.384 e. The number of anilines is 2. The number of rotatable bonds is 4. The fraction of sp³-hybridized carbons (Fsp3) is 0.308. The molecule has 4 N–H and O–H groups in total. The van der Waals surface area contributed by atoms with Gasteiger partial charge in [-0.1, -0.05) is 6.58 Å². The van der Waals surface area contributed by atoms with Crippen LogP contribution in [0.3, 0.4) is 0 Å². The minimum atomic E-state index is -0.300. The lowest BCUT2D eigenvalue weighted by Gasteiger charge is -2.02. The topological polar surface area (TPSA) is 102 Å². The molecule has 0 bridgehead atoms.